The Morgan fingerprint density at radius 2 is 2.03 bits per heavy atom. The lowest BCUT2D eigenvalue weighted by atomic mass is 9.72. The van der Waals surface area contributed by atoms with Crippen molar-refractivity contribution in [3.05, 3.63) is 42.3 Å². The van der Waals surface area contributed by atoms with Gasteiger partial charge in [0.05, 0.1) is 12.2 Å². The van der Waals surface area contributed by atoms with Crippen molar-refractivity contribution >= 4 is 24.2 Å². The number of halogens is 1. The lowest BCUT2D eigenvalue weighted by Gasteiger charge is -2.53. The van der Waals surface area contributed by atoms with E-state index in [2.05, 4.69) is 15.6 Å². The first-order valence-electron chi connectivity index (χ1n) is 10.5. The average molecular weight is 431 g/mol. The average Bonchev–Trinajstić information content (AvgIpc) is 3.23. The van der Waals surface area contributed by atoms with E-state index in [1.807, 2.05) is 35.2 Å². The first-order chi connectivity index (χ1) is 14.2. The van der Waals surface area contributed by atoms with Crippen molar-refractivity contribution in [2.45, 2.75) is 44.3 Å². The Labute approximate surface area is 182 Å². The molecule has 0 unspecified atom stereocenters. The summed E-state index contributed by atoms with van der Waals surface area (Å²) in [6, 6.07) is 9.47. The number of carbonyl (C=O) groups excluding carboxylic acids is 2. The van der Waals surface area contributed by atoms with Crippen LogP contribution in [-0.2, 0) is 16.1 Å². The largest absolute Gasteiger partial charge is 0.444 e. The Balaban J connectivity index is 0.00000218. The summed E-state index contributed by atoms with van der Waals surface area (Å²) in [5.41, 5.74) is 1.58. The Morgan fingerprint density at radius 1 is 1.23 bits per heavy atom. The van der Waals surface area contributed by atoms with E-state index >= 15 is 0 Å². The summed E-state index contributed by atoms with van der Waals surface area (Å²) in [6.07, 6.45) is 5.07. The summed E-state index contributed by atoms with van der Waals surface area (Å²) in [5, 5.41) is 6.48. The van der Waals surface area contributed by atoms with Crippen LogP contribution in [0.4, 0.5) is 0 Å². The molecular formula is C22H27ClN4O3. The zero-order valence-corrected chi connectivity index (χ0v) is 17.6. The molecule has 4 atom stereocenters. The van der Waals surface area contributed by atoms with Crippen LogP contribution in [0, 0.1) is 11.8 Å². The maximum Gasteiger partial charge on any atom is 0.243 e. The van der Waals surface area contributed by atoms with Gasteiger partial charge in [0.15, 0.2) is 0 Å². The van der Waals surface area contributed by atoms with E-state index < -0.39 is 6.04 Å². The number of oxazole rings is 1. The lowest BCUT2D eigenvalue weighted by molar-refractivity contribution is -0.157. The molecule has 30 heavy (non-hydrogen) atoms. The second kappa shape index (κ2) is 8.78. The minimum atomic E-state index is -0.391. The van der Waals surface area contributed by atoms with Crippen LogP contribution >= 0.6 is 12.4 Å². The zero-order chi connectivity index (χ0) is 19.8. The molecule has 1 aromatic carbocycles. The molecule has 4 heterocycles. The number of aromatic nitrogens is 1. The molecule has 1 aromatic heterocycles. The van der Waals surface area contributed by atoms with Crippen molar-refractivity contribution in [1.29, 1.82) is 0 Å². The van der Waals surface area contributed by atoms with Crippen molar-refractivity contribution in [3.8, 4) is 11.5 Å². The molecule has 2 amide bonds. The normalized spacial score (nSPS) is 27.7. The minimum Gasteiger partial charge on any atom is -0.444 e. The van der Waals surface area contributed by atoms with Gasteiger partial charge in [-0.1, -0.05) is 18.2 Å². The van der Waals surface area contributed by atoms with Gasteiger partial charge in [0, 0.05) is 30.5 Å². The molecule has 8 heteroatoms. The monoisotopic (exact) mass is 430 g/mol. The second-order valence-corrected chi connectivity index (χ2v) is 8.35. The van der Waals surface area contributed by atoms with E-state index in [0.717, 1.165) is 37.9 Å². The van der Waals surface area contributed by atoms with Gasteiger partial charge in [0.1, 0.15) is 12.3 Å². The summed E-state index contributed by atoms with van der Waals surface area (Å²) in [7, 11) is 0. The highest BCUT2D eigenvalue weighted by Crippen LogP contribution is 2.39. The fraction of sp³-hybridized carbons (Fsp3) is 0.500. The van der Waals surface area contributed by atoms with Crippen LogP contribution in [0.1, 0.15) is 31.4 Å². The van der Waals surface area contributed by atoms with E-state index in [1.165, 1.54) is 0 Å². The van der Waals surface area contributed by atoms with Gasteiger partial charge in [-0.2, -0.15) is 0 Å². The molecule has 3 fully saturated rings. The van der Waals surface area contributed by atoms with Gasteiger partial charge in [-0.25, -0.2) is 4.98 Å². The Kier molecular flexibility index (Phi) is 6.11. The van der Waals surface area contributed by atoms with Gasteiger partial charge in [-0.05, 0) is 43.9 Å². The number of carbonyl (C=O) groups is 2. The van der Waals surface area contributed by atoms with Crippen molar-refractivity contribution in [2.75, 3.05) is 13.1 Å². The maximum absolute atomic E-state index is 13.2. The molecule has 3 aliphatic rings. The standard InChI is InChI=1S/C22H26N4O3.ClH/c27-19-8-4-7-18-15-9-16(11-23-10-15)20(26(18)19)21(28)24-12-17-13-29-22(25-17)14-5-2-1-3-6-14;/h1-3,5-6,13,15-16,18,20,23H,4,7-12H2,(H,24,28);1H/t15-,16+,18+,20-;/m1./s1. The van der Waals surface area contributed by atoms with E-state index in [4.69, 9.17) is 4.42 Å². The number of amides is 2. The molecule has 3 saturated heterocycles. The van der Waals surface area contributed by atoms with Gasteiger partial charge in [0.25, 0.3) is 0 Å². The third-order valence-electron chi connectivity index (χ3n) is 6.53. The topological polar surface area (TPSA) is 87.5 Å². The molecule has 7 nitrogen and oxygen atoms in total. The number of rotatable bonds is 4. The highest BCUT2D eigenvalue weighted by atomic mass is 35.5. The van der Waals surface area contributed by atoms with Crippen LogP contribution in [0.15, 0.2) is 41.0 Å². The van der Waals surface area contributed by atoms with Crippen LogP contribution < -0.4 is 10.6 Å². The number of hydrogen-bond donors (Lipinski definition) is 2. The molecule has 160 valence electrons. The first-order valence-corrected chi connectivity index (χ1v) is 10.5. The third-order valence-corrected chi connectivity index (χ3v) is 6.53. The molecule has 2 bridgehead atoms. The van der Waals surface area contributed by atoms with Gasteiger partial charge in [0.2, 0.25) is 17.7 Å². The van der Waals surface area contributed by atoms with E-state index in [1.54, 1.807) is 6.26 Å². The van der Waals surface area contributed by atoms with E-state index in [0.29, 0.717) is 30.5 Å². The molecule has 0 spiro atoms. The highest BCUT2D eigenvalue weighted by Gasteiger charge is 2.50. The number of fused-ring (bicyclic) bond motifs is 4. The van der Waals surface area contributed by atoms with Gasteiger partial charge < -0.3 is 20.0 Å². The Morgan fingerprint density at radius 3 is 2.87 bits per heavy atom. The Bertz CT molecular complexity index is 903. The predicted molar refractivity (Wildman–Crippen MR) is 114 cm³/mol. The maximum atomic E-state index is 13.2. The molecule has 0 aliphatic carbocycles. The molecule has 2 aromatic rings. The van der Waals surface area contributed by atoms with Crippen molar-refractivity contribution < 1.29 is 14.0 Å². The minimum absolute atomic E-state index is 0. The van der Waals surface area contributed by atoms with Crippen LogP contribution in [0.5, 0.6) is 0 Å². The fourth-order valence-electron chi connectivity index (χ4n) is 5.23. The fourth-order valence-corrected chi connectivity index (χ4v) is 5.23. The van der Waals surface area contributed by atoms with Crippen molar-refractivity contribution in [3.63, 3.8) is 0 Å². The molecule has 5 rings (SSSR count). The quantitative estimate of drug-likeness (QED) is 0.777. The number of nitrogens with zero attached hydrogens (tertiary/aromatic N) is 2. The SMILES string of the molecule is Cl.O=C(NCc1coc(-c2ccccc2)n1)[C@H]1[C@@H]2CNC[C@@H](C2)[C@@H]2CCCC(=O)N21. The second-order valence-electron chi connectivity index (χ2n) is 8.35. The van der Waals surface area contributed by atoms with Gasteiger partial charge >= 0.3 is 0 Å². The summed E-state index contributed by atoms with van der Waals surface area (Å²) in [5.74, 6) is 1.22. The molecule has 0 radical (unpaired) electrons. The smallest absolute Gasteiger partial charge is 0.243 e. The zero-order valence-electron chi connectivity index (χ0n) is 16.8. The van der Waals surface area contributed by atoms with Gasteiger partial charge in [-0.3, -0.25) is 9.59 Å². The molecule has 0 saturated carbocycles. The van der Waals surface area contributed by atoms with Crippen LogP contribution in [0.3, 0.4) is 0 Å². The highest BCUT2D eigenvalue weighted by molar-refractivity contribution is 5.89. The third kappa shape index (κ3) is 3.84. The molecule has 2 N–H and O–H groups in total. The van der Waals surface area contributed by atoms with Crippen LogP contribution in [0.25, 0.3) is 11.5 Å². The summed E-state index contributed by atoms with van der Waals surface area (Å²) in [4.78, 5) is 32.3. The van der Waals surface area contributed by atoms with Crippen LogP contribution in [-0.4, -0.2) is 46.9 Å². The predicted octanol–water partition coefficient (Wildman–Crippen LogP) is 2.37. The Hall–Kier alpha value is -2.38. The number of benzene rings is 1. The van der Waals surface area contributed by atoms with Crippen molar-refractivity contribution in [1.82, 2.24) is 20.5 Å². The summed E-state index contributed by atoms with van der Waals surface area (Å²) >= 11 is 0. The van der Waals surface area contributed by atoms with E-state index in [-0.39, 0.29) is 36.2 Å². The summed E-state index contributed by atoms with van der Waals surface area (Å²) in [6.45, 7) is 2.02. The lowest BCUT2D eigenvalue weighted by Crippen LogP contribution is -2.67. The number of nitrogens with one attached hydrogen (secondary N) is 2. The first kappa shape index (κ1) is 20.9. The van der Waals surface area contributed by atoms with Crippen LogP contribution in [0.2, 0.25) is 0 Å². The molecule has 3 aliphatic heterocycles. The number of hydrogen-bond acceptors (Lipinski definition) is 5. The number of piperidine rings is 3. The van der Waals surface area contributed by atoms with E-state index in [9.17, 15) is 9.59 Å². The van der Waals surface area contributed by atoms with Crippen molar-refractivity contribution in [2.24, 2.45) is 11.8 Å². The molecular weight excluding hydrogens is 404 g/mol. The van der Waals surface area contributed by atoms with Gasteiger partial charge in [-0.15, -0.1) is 12.4 Å². The summed E-state index contributed by atoms with van der Waals surface area (Å²) < 4.78 is 5.56.